The van der Waals surface area contributed by atoms with E-state index < -0.39 is 0 Å². The molecule has 5 heteroatoms. The zero-order chi connectivity index (χ0) is 17.0. The molecule has 23 heavy (non-hydrogen) atoms. The molecule has 0 aliphatic heterocycles. The molecule has 0 saturated carbocycles. The summed E-state index contributed by atoms with van der Waals surface area (Å²) in [5.41, 5.74) is 3.70. The molecule has 0 fully saturated rings. The topological polar surface area (TPSA) is 58.4 Å². The number of aryl methyl sites for hydroxylation is 1. The summed E-state index contributed by atoms with van der Waals surface area (Å²) in [5.74, 6) is -0.0529. The van der Waals surface area contributed by atoms with Crippen LogP contribution in [0.25, 0.3) is 0 Å². The quantitative estimate of drug-likeness (QED) is 0.891. The minimum Gasteiger partial charge on any atom is -0.395 e. The Balaban J connectivity index is 2.29. The summed E-state index contributed by atoms with van der Waals surface area (Å²) in [5, 5.41) is 9.31. The van der Waals surface area contributed by atoms with E-state index in [0.29, 0.717) is 24.7 Å². The number of rotatable bonds is 6. The monoisotopic (exact) mass is 315 g/mol. The van der Waals surface area contributed by atoms with Crippen molar-refractivity contribution >= 4 is 5.91 Å². The molecular weight excluding hydrogens is 290 g/mol. The molecule has 2 heterocycles. The second-order valence-electron chi connectivity index (χ2n) is 6.06. The third kappa shape index (κ3) is 3.79. The summed E-state index contributed by atoms with van der Waals surface area (Å²) < 4.78 is 2.16. The summed E-state index contributed by atoms with van der Waals surface area (Å²) in [6, 6.07) is 6.02. The van der Waals surface area contributed by atoms with Crippen LogP contribution >= 0.6 is 0 Å². The normalized spacial score (nSPS) is 11.0. The Morgan fingerprint density at radius 1 is 1.39 bits per heavy atom. The average Bonchev–Trinajstić information content (AvgIpc) is 2.82. The SMILES string of the molecule is Cc1cc(C(=O)N(CCO)Cc2cccnc2)c(C)n1C(C)C. The van der Waals surface area contributed by atoms with Gasteiger partial charge in [-0.2, -0.15) is 0 Å². The van der Waals surface area contributed by atoms with Crippen LogP contribution in [0.15, 0.2) is 30.6 Å². The molecule has 1 N–H and O–H groups in total. The minimum absolute atomic E-state index is 0.0529. The number of aliphatic hydroxyl groups is 1. The number of amides is 1. The van der Waals surface area contributed by atoms with E-state index in [9.17, 15) is 9.90 Å². The molecule has 2 rings (SSSR count). The number of carbonyl (C=O) groups excluding carboxylic acids is 1. The molecule has 0 aromatic carbocycles. The zero-order valence-corrected chi connectivity index (χ0v) is 14.3. The van der Waals surface area contributed by atoms with Crippen LogP contribution in [0.2, 0.25) is 0 Å². The number of hydrogen-bond donors (Lipinski definition) is 1. The van der Waals surface area contributed by atoms with Gasteiger partial charge in [0.15, 0.2) is 0 Å². The highest BCUT2D eigenvalue weighted by Crippen LogP contribution is 2.22. The van der Waals surface area contributed by atoms with E-state index in [0.717, 1.165) is 17.0 Å². The van der Waals surface area contributed by atoms with Crippen molar-refractivity contribution in [1.29, 1.82) is 0 Å². The van der Waals surface area contributed by atoms with Crippen molar-refractivity contribution < 1.29 is 9.90 Å². The molecule has 0 unspecified atom stereocenters. The van der Waals surface area contributed by atoms with Gasteiger partial charge in [0.25, 0.3) is 5.91 Å². The summed E-state index contributed by atoms with van der Waals surface area (Å²) in [6.45, 7) is 8.89. The Kier molecular flexibility index (Phi) is 5.55. The first-order valence-corrected chi connectivity index (χ1v) is 7.93. The Morgan fingerprint density at radius 3 is 2.65 bits per heavy atom. The first-order chi connectivity index (χ1) is 11.0. The molecule has 0 spiro atoms. The number of nitrogens with zero attached hydrogens (tertiary/aromatic N) is 3. The molecule has 5 nitrogen and oxygen atoms in total. The number of pyridine rings is 1. The fourth-order valence-electron chi connectivity index (χ4n) is 3.04. The van der Waals surface area contributed by atoms with Crippen molar-refractivity contribution in [2.45, 2.75) is 40.3 Å². The standard InChI is InChI=1S/C18H25N3O2/c1-13(2)21-14(3)10-17(15(21)4)18(23)20(8-9-22)12-16-6-5-7-19-11-16/h5-7,10-11,13,22H,8-9,12H2,1-4H3. The van der Waals surface area contributed by atoms with E-state index in [1.165, 1.54) is 0 Å². The molecule has 0 saturated heterocycles. The molecule has 124 valence electrons. The maximum absolute atomic E-state index is 12.9. The van der Waals surface area contributed by atoms with E-state index in [1.807, 2.05) is 32.0 Å². The Bertz CT molecular complexity index is 662. The van der Waals surface area contributed by atoms with Gasteiger partial charge < -0.3 is 14.6 Å². The molecule has 0 aliphatic carbocycles. The summed E-state index contributed by atoms with van der Waals surface area (Å²) in [7, 11) is 0. The van der Waals surface area contributed by atoms with Gasteiger partial charge in [-0.3, -0.25) is 9.78 Å². The second-order valence-corrected chi connectivity index (χ2v) is 6.06. The molecule has 2 aromatic rings. The molecular formula is C18H25N3O2. The molecule has 1 amide bonds. The fourth-order valence-corrected chi connectivity index (χ4v) is 3.04. The lowest BCUT2D eigenvalue weighted by Crippen LogP contribution is -2.33. The van der Waals surface area contributed by atoms with E-state index in [-0.39, 0.29) is 12.5 Å². The van der Waals surface area contributed by atoms with Crippen molar-refractivity contribution in [1.82, 2.24) is 14.5 Å². The van der Waals surface area contributed by atoms with Gasteiger partial charge >= 0.3 is 0 Å². The predicted octanol–water partition coefficient (Wildman–Crippen LogP) is 2.72. The van der Waals surface area contributed by atoms with Crippen molar-refractivity contribution in [3.05, 3.63) is 53.1 Å². The smallest absolute Gasteiger partial charge is 0.256 e. The van der Waals surface area contributed by atoms with Gasteiger partial charge in [-0.1, -0.05) is 6.07 Å². The average molecular weight is 315 g/mol. The first-order valence-electron chi connectivity index (χ1n) is 7.93. The highest BCUT2D eigenvalue weighted by molar-refractivity contribution is 5.95. The highest BCUT2D eigenvalue weighted by Gasteiger charge is 2.22. The van der Waals surface area contributed by atoms with Crippen molar-refractivity contribution in [3.63, 3.8) is 0 Å². The minimum atomic E-state index is -0.0606. The molecule has 0 radical (unpaired) electrons. The van der Waals surface area contributed by atoms with Crippen LogP contribution < -0.4 is 0 Å². The van der Waals surface area contributed by atoms with Crippen LogP contribution in [-0.4, -0.2) is 38.6 Å². The van der Waals surface area contributed by atoms with E-state index in [2.05, 4.69) is 23.4 Å². The van der Waals surface area contributed by atoms with Crippen LogP contribution in [0.5, 0.6) is 0 Å². The van der Waals surface area contributed by atoms with Gasteiger partial charge in [-0.25, -0.2) is 0 Å². The number of hydrogen-bond acceptors (Lipinski definition) is 3. The fraction of sp³-hybridized carbons (Fsp3) is 0.444. The van der Waals surface area contributed by atoms with Gasteiger partial charge in [-0.05, 0) is 45.4 Å². The molecule has 0 atom stereocenters. The Hall–Kier alpha value is -2.14. The van der Waals surface area contributed by atoms with E-state index in [4.69, 9.17) is 0 Å². The van der Waals surface area contributed by atoms with Gasteiger partial charge in [0.05, 0.1) is 12.2 Å². The van der Waals surface area contributed by atoms with Crippen molar-refractivity contribution in [2.24, 2.45) is 0 Å². The Labute approximate surface area is 137 Å². The van der Waals surface area contributed by atoms with Crippen LogP contribution in [0.4, 0.5) is 0 Å². The van der Waals surface area contributed by atoms with Crippen LogP contribution in [-0.2, 0) is 6.54 Å². The van der Waals surface area contributed by atoms with E-state index in [1.54, 1.807) is 17.3 Å². The second kappa shape index (κ2) is 7.42. The van der Waals surface area contributed by atoms with Crippen LogP contribution in [0.1, 0.15) is 47.2 Å². The van der Waals surface area contributed by atoms with Gasteiger partial charge in [0.2, 0.25) is 0 Å². The summed E-state index contributed by atoms with van der Waals surface area (Å²) in [4.78, 5) is 18.7. The maximum Gasteiger partial charge on any atom is 0.256 e. The van der Waals surface area contributed by atoms with E-state index >= 15 is 0 Å². The Morgan fingerprint density at radius 2 is 2.13 bits per heavy atom. The predicted molar refractivity (Wildman–Crippen MR) is 90.4 cm³/mol. The van der Waals surface area contributed by atoms with Gasteiger partial charge in [0.1, 0.15) is 0 Å². The largest absolute Gasteiger partial charge is 0.395 e. The van der Waals surface area contributed by atoms with Crippen LogP contribution in [0.3, 0.4) is 0 Å². The summed E-state index contributed by atoms with van der Waals surface area (Å²) >= 11 is 0. The van der Waals surface area contributed by atoms with Gasteiger partial charge in [0, 0.05) is 42.9 Å². The molecule has 0 aliphatic rings. The lowest BCUT2D eigenvalue weighted by molar-refractivity contribution is 0.0707. The maximum atomic E-state index is 12.9. The lowest BCUT2D eigenvalue weighted by Gasteiger charge is -2.22. The number of aromatic nitrogens is 2. The lowest BCUT2D eigenvalue weighted by atomic mass is 10.2. The number of aliphatic hydroxyl groups excluding tert-OH is 1. The third-order valence-electron chi connectivity index (χ3n) is 3.98. The number of carbonyl (C=O) groups is 1. The van der Waals surface area contributed by atoms with Crippen molar-refractivity contribution in [3.8, 4) is 0 Å². The van der Waals surface area contributed by atoms with Crippen molar-refractivity contribution in [2.75, 3.05) is 13.2 Å². The molecule has 0 bridgehead atoms. The molecule has 2 aromatic heterocycles. The highest BCUT2D eigenvalue weighted by atomic mass is 16.3. The third-order valence-corrected chi connectivity index (χ3v) is 3.98. The zero-order valence-electron chi connectivity index (χ0n) is 14.3. The van der Waals surface area contributed by atoms with Crippen LogP contribution in [0, 0.1) is 13.8 Å². The summed E-state index contributed by atoms with van der Waals surface area (Å²) in [6.07, 6.45) is 3.45. The first kappa shape index (κ1) is 17.2. The van der Waals surface area contributed by atoms with Gasteiger partial charge in [-0.15, -0.1) is 0 Å².